The van der Waals surface area contributed by atoms with E-state index < -0.39 is 75.5 Å². The van der Waals surface area contributed by atoms with Crippen LogP contribution in [0.25, 0.3) is 0 Å². The fourth-order valence-electron chi connectivity index (χ4n) is 2.95. The highest BCUT2D eigenvalue weighted by Gasteiger charge is 2.45. The van der Waals surface area contributed by atoms with E-state index in [2.05, 4.69) is 13.8 Å². The predicted octanol–water partition coefficient (Wildman–Crippen LogP) is 12.2. The summed E-state index contributed by atoms with van der Waals surface area (Å²) in [5, 5.41) is -11.4. The maximum Gasteiger partial charge on any atom is 0.148 e. The Morgan fingerprint density at radius 3 is 0.846 bits per heavy atom. The SMILES string of the molecule is CC.CC(C)CCOC(Cl)C(Cl)C(Cl)C(Cl)C(Cl)C(Cl)C(Cl)C(Cl)C(Cl)C(Cl)C(Cl)C(Cl)C(Cl)C(Cl)C(C)C. The van der Waals surface area contributed by atoms with Gasteiger partial charge in [0.1, 0.15) is 5.56 Å². The summed E-state index contributed by atoms with van der Waals surface area (Å²) in [7, 11) is 0. The van der Waals surface area contributed by atoms with Gasteiger partial charge in [0.2, 0.25) is 0 Å². The van der Waals surface area contributed by atoms with Crippen molar-refractivity contribution in [1.29, 1.82) is 0 Å². The fraction of sp³-hybridized carbons (Fsp3) is 1.00. The van der Waals surface area contributed by atoms with Gasteiger partial charge in [-0.25, -0.2) is 0 Å². The molecule has 0 heterocycles. The first-order valence-corrected chi connectivity index (χ1v) is 18.6. The number of ether oxygens (including phenoxy) is 1. The average Bonchev–Trinajstić information content (AvgIpc) is 2.92. The van der Waals surface area contributed by atoms with Crippen molar-refractivity contribution in [2.45, 2.75) is 123 Å². The van der Waals surface area contributed by atoms with Gasteiger partial charge < -0.3 is 4.74 Å². The Hall–Kier alpha value is 4.02. The normalized spacial score (nSPS) is 23.2. The Labute approximate surface area is 305 Å². The minimum Gasteiger partial charge on any atom is -0.361 e. The maximum atomic E-state index is 6.54. The largest absolute Gasteiger partial charge is 0.361 e. The summed E-state index contributed by atoms with van der Waals surface area (Å²) < 4.78 is 5.55. The molecule has 1 nitrogen and oxygen atoms in total. The third kappa shape index (κ3) is 15.4. The van der Waals surface area contributed by atoms with Crippen LogP contribution in [0, 0.1) is 11.8 Å². The van der Waals surface area contributed by atoms with E-state index in [4.69, 9.17) is 167 Å². The molecule has 0 amide bonds. The third-order valence-corrected chi connectivity index (χ3v) is 14.8. The second kappa shape index (κ2) is 23.4. The molecule has 14 atom stereocenters. The Bertz CT molecular complexity index is 617. The van der Waals surface area contributed by atoms with Crippen molar-refractivity contribution in [3.8, 4) is 0 Å². The molecule has 0 aliphatic heterocycles. The van der Waals surface area contributed by atoms with Gasteiger partial charge >= 0.3 is 0 Å². The standard InChI is InChI=1S/C22H32Cl14O.C2H6/c1-7(2)5-6-37-22(36)21(35)20(34)19(33)18(32)17(31)16(30)15(29)14(28)13(27)12(26)11(25)10(24)9(23)8(3)4;1-2/h7-22H,5-6H2,1-4H3;1-2H3. The van der Waals surface area contributed by atoms with Gasteiger partial charge in [-0.05, 0) is 18.3 Å². The van der Waals surface area contributed by atoms with E-state index in [1.165, 1.54) is 0 Å². The molecule has 0 rings (SSSR count). The second-order valence-electron chi connectivity index (χ2n) is 9.43. The van der Waals surface area contributed by atoms with Crippen LogP contribution in [0.5, 0.6) is 0 Å². The van der Waals surface area contributed by atoms with Crippen LogP contribution in [-0.2, 0) is 4.74 Å². The molecule has 0 radical (unpaired) electrons. The molecule has 0 N–H and O–H groups in total. The van der Waals surface area contributed by atoms with Crippen molar-refractivity contribution >= 4 is 162 Å². The van der Waals surface area contributed by atoms with Gasteiger partial charge in [0.25, 0.3) is 0 Å². The fourth-order valence-corrected chi connectivity index (χ4v) is 8.04. The molecule has 14 unspecified atom stereocenters. The Morgan fingerprint density at radius 2 is 0.615 bits per heavy atom. The first-order chi connectivity index (χ1) is 17.9. The van der Waals surface area contributed by atoms with Crippen LogP contribution >= 0.6 is 162 Å². The van der Waals surface area contributed by atoms with Crippen molar-refractivity contribution in [2.75, 3.05) is 6.61 Å². The number of alkyl halides is 14. The van der Waals surface area contributed by atoms with Crippen LogP contribution in [0.3, 0.4) is 0 Å². The van der Waals surface area contributed by atoms with Crippen LogP contribution in [-0.4, -0.2) is 82.1 Å². The summed E-state index contributed by atoms with van der Waals surface area (Å²) in [6.07, 6.45) is 0.807. The summed E-state index contributed by atoms with van der Waals surface area (Å²) in [5.74, 6) is 0.498. The quantitative estimate of drug-likeness (QED) is 0.125. The van der Waals surface area contributed by atoms with Gasteiger partial charge in [-0.2, -0.15) is 0 Å². The number of hydrogen-bond acceptors (Lipinski definition) is 1. The maximum absolute atomic E-state index is 6.54. The first-order valence-electron chi connectivity index (χ1n) is 12.5. The lowest BCUT2D eigenvalue weighted by Gasteiger charge is -2.35. The molecule has 15 heteroatoms. The molecule has 0 aliphatic carbocycles. The van der Waals surface area contributed by atoms with E-state index in [1.807, 2.05) is 27.7 Å². The average molecular weight is 839 g/mol. The number of halogens is 14. The molecule has 0 aliphatic rings. The lowest BCUT2D eigenvalue weighted by atomic mass is 9.99. The molecule has 0 aromatic rings. The van der Waals surface area contributed by atoms with E-state index in [0.29, 0.717) is 12.5 Å². The molecular formula is C24H38Cl14O. The highest BCUT2D eigenvalue weighted by molar-refractivity contribution is 6.45. The van der Waals surface area contributed by atoms with E-state index >= 15 is 0 Å². The zero-order valence-electron chi connectivity index (χ0n) is 22.4. The van der Waals surface area contributed by atoms with E-state index in [9.17, 15) is 0 Å². The van der Waals surface area contributed by atoms with Crippen LogP contribution in [0.2, 0.25) is 0 Å². The molecule has 0 aromatic carbocycles. The summed E-state index contributed by atoms with van der Waals surface area (Å²) in [6, 6.07) is 0. The van der Waals surface area contributed by atoms with Crippen molar-refractivity contribution in [1.82, 2.24) is 0 Å². The van der Waals surface area contributed by atoms with Gasteiger partial charge in [0, 0.05) is 6.61 Å². The van der Waals surface area contributed by atoms with Crippen LogP contribution in [0.1, 0.15) is 48.0 Å². The predicted molar refractivity (Wildman–Crippen MR) is 187 cm³/mol. The molecule has 39 heavy (non-hydrogen) atoms. The Kier molecular flexibility index (Phi) is 27.0. The number of hydrogen-bond donors (Lipinski definition) is 0. The third-order valence-electron chi connectivity index (χ3n) is 5.51. The number of rotatable bonds is 18. The summed E-state index contributed by atoms with van der Waals surface area (Å²) in [4.78, 5) is 0. The lowest BCUT2D eigenvalue weighted by molar-refractivity contribution is 0.0943. The van der Waals surface area contributed by atoms with Gasteiger partial charge in [-0.1, -0.05) is 53.1 Å². The molecule has 0 spiro atoms. The smallest absolute Gasteiger partial charge is 0.148 e. The molecule has 0 fully saturated rings. The Morgan fingerprint density at radius 1 is 0.385 bits per heavy atom. The van der Waals surface area contributed by atoms with E-state index in [0.717, 1.165) is 6.42 Å². The van der Waals surface area contributed by atoms with Gasteiger partial charge in [-0.15, -0.1) is 151 Å². The minimum atomic E-state index is -0.997. The van der Waals surface area contributed by atoms with Crippen molar-refractivity contribution in [3.05, 3.63) is 0 Å². The summed E-state index contributed by atoms with van der Waals surface area (Å²) >= 11 is 90.5. The molecule has 0 saturated carbocycles. The van der Waals surface area contributed by atoms with E-state index in [-0.39, 0.29) is 5.92 Å². The van der Waals surface area contributed by atoms with Crippen LogP contribution in [0.15, 0.2) is 0 Å². The summed E-state index contributed by atoms with van der Waals surface area (Å²) in [6.45, 7) is 12.4. The minimum absolute atomic E-state index is 0.0584. The van der Waals surface area contributed by atoms with Crippen molar-refractivity contribution in [3.63, 3.8) is 0 Å². The molecule has 0 bridgehead atoms. The molecular weight excluding hydrogens is 801 g/mol. The van der Waals surface area contributed by atoms with E-state index in [1.54, 1.807) is 0 Å². The highest BCUT2D eigenvalue weighted by atomic mass is 35.5. The highest BCUT2D eigenvalue weighted by Crippen LogP contribution is 2.39. The van der Waals surface area contributed by atoms with Gasteiger partial charge in [0.05, 0.1) is 69.9 Å². The lowest BCUT2D eigenvalue weighted by Crippen LogP contribution is -2.49. The van der Waals surface area contributed by atoms with Crippen molar-refractivity contribution in [2.24, 2.45) is 11.8 Å². The molecule has 238 valence electrons. The zero-order valence-corrected chi connectivity index (χ0v) is 32.9. The van der Waals surface area contributed by atoms with Gasteiger partial charge in [0.15, 0.2) is 0 Å². The zero-order chi connectivity index (χ0) is 31.4. The second-order valence-corrected chi connectivity index (χ2v) is 16.4. The van der Waals surface area contributed by atoms with Crippen LogP contribution < -0.4 is 0 Å². The Balaban J connectivity index is 0. The molecule has 0 aromatic heterocycles. The first kappa shape index (κ1) is 45.1. The monoisotopic (exact) mass is 832 g/mol. The summed E-state index contributed by atoms with van der Waals surface area (Å²) in [5.41, 5.74) is -0.892. The topological polar surface area (TPSA) is 9.23 Å². The van der Waals surface area contributed by atoms with Gasteiger partial charge in [-0.3, -0.25) is 0 Å². The van der Waals surface area contributed by atoms with Crippen molar-refractivity contribution < 1.29 is 4.74 Å². The van der Waals surface area contributed by atoms with Crippen LogP contribution in [0.4, 0.5) is 0 Å². The molecule has 0 saturated heterocycles.